The molecular weight excluding hydrogens is 158 g/mol. The van der Waals surface area contributed by atoms with Gasteiger partial charge in [0.05, 0.1) is 6.07 Å². The maximum atomic E-state index is 8.20. The second-order valence-electron chi connectivity index (χ2n) is 2.74. The van der Waals surface area contributed by atoms with Crippen LogP contribution in [0.3, 0.4) is 0 Å². The van der Waals surface area contributed by atoms with Crippen molar-refractivity contribution in [3.05, 3.63) is 36.5 Å². The highest BCUT2D eigenvalue weighted by atomic mass is 14.2. The highest BCUT2D eigenvalue weighted by Gasteiger charge is 1.78. The molecule has 1 nitrogen and oxygen atoms in total. The molecule has 70 valence electrons. The summed E-state index contributed by atoms with van der Waals surface area (Å²) >= 11 is 0. The van der Waals surface area contributed by atoms with E-state index in [4.69, 9.17) is 5.26 Å². The number of hydrogen-bond acceptors (Lipinski definition) is 1. The van der Waals surface area contributed by atoms with Gasteiger partial charge >= 0.3 is 0 Å². The molecule has 0 aliphatic heterocycles. The number of nitrogens with zero attached hydrogens (tertiary/aromatic N) is 1. The van der Waals surface area contributed by atoms with E-state index >= 15 is 0 Å². The van der Waals surface area contributed by atoms with Crippen molar-refractivity contribution in [2.75, 3.05) is 0 Å². The van der Waals surface area contributed by atoms with Crippen molar-refractivity contribution in [2.24, 2.45) is 0 Å². The van der Waals surface area contributed by atoms with Gasteiger partial charge in [0.1, 0.15) is 0 Å². The number of rotatable bonds is 6. The van der Waals surface area contributed by atoms with Gasteiger partial charge in [-0.3, -0.25) is 0 Å². The molecule has 0 aliphatic rings. The van der Waals surface area contributed by atoms with Crippen molar-refractivity contribution in [3.8, 4) is 6.07 Å². The van der Waals surface area contributed by atoms with E-state index in [0.717, 1.165) is 19.3 Å². The normalized spacial score (nSPS) is 11.7. The minimum atomic E-state index is 0.872. The largest absolute Gasteiger partial charge is 0.193 e. The van der Waals surface area contributed by atoms with Crippen molar-refractivity contribution in [1.82, 2.24) is 0 Å². The third kappa shape index (κ3) is 10.7. The molecular formula is C12H17N. The van der Waals surface area contributed by atoms with E-state index < -0.39 is 0 Å². The van der Waals surface area contributed by atoms with E-state index in [1.807, 2.05) is 19.1 Å². The lowest BCUT2D eigenvalue weighted by Crippen LogP contribution is -1.68. The SMILES string of the molecule is C/C=C/CCC/C=C/C/C=C/C#N. The predicted octanol–water partition coefficient (Wildman–Crippen LogP) is 3.76. The van der Waals surface area contributed by atoms with Crippen LogP contribution >= 0.6 is 0 Å². The van der Waals surface area contributed by atoms with Crippen molar-refractivity contribution >= 4 is 0 Å². The van der Waals surface area contributed by atoms with Crippen LogP contribution in [0.2, 0.25) is 0 Å². The highest BCUT2D eigenvalue weighted by Crippen LogP contribution is 1.98. The number of unbranched alkanes of at least 4 members (excludes halogenated alkanes) is 2. The Labute approximate surface area is 81.1 Å². The lowest BCUT2D eigenvalue weighted by Gasteiger charge is -1.88. The van der Waals surface area contributed by atoms with E-state index in [1.165, 1.54) is 12.5 Å². The van der Waals surface area contributed by atoms with Gasteiger partial charge in [-0.15, -0.1) is 0 Å². The van der Waals surface area contributed by atoms with Gasteiger partial charge in [0.2, 0.25) is 0 Å². The third-order valence-corrected chi connectivity index (χ3v) is 1.61. The summed E-state index contributed by atoms with van der Waals surface area (Å²) in [5, 5.41) is 8.20. The molecule has 0 N–H and O–H groups in total. The fourth-order valence-corrected chi connectivity index (χ4v) is 0.934. The molecule has 0 saturated carbocycles. The molecule has 0 aromatic rings. The molecule has 0 aliphatic carbocycles. The van der Waals surface area contributed by atoms with Crippen LogP contribution in [0.1, 0.15) is 32.6 Å². The van der Waals surface area contributed by atoms with Crippen LogP contribution in [0, 0.1) is 11.3 Å². The summed E-state index contributed by atoms with van der Waals surface area (Å²) in [6.45, 7) is 2.04. The van der Waals surface area contributed by atoms with Crippen LogP contribution in [0.15, 0.2) is 36.5 Å². The lowest BCUT2D eigenvalue weighted by molar-refractivity contribution is 0.865. The first-order chi connectivity index (χ1) is 6.41. The second kappa shape index (κ2) is 10.7. The highest BCUT2D eigenvalue weighted by molar-refractivity contribution is 5.04. The Bertz CT molecular complexity index is 216. The molecule has 0 aromatic carbocycles. The average molecular weight is 175 g/mol. The van der Waals surface area contributed by atoms with Crippen LogP contribution in [0.4, 0.5) is 0 Å². The first-order valence-corrected chi connectivity index (χ1v) is 4.72. The number of allylic oxidation sites excluding steroid dienone is 6. The zero-order valence-electron chi connectivity index (χ0n) is 8.24. The van der Waals surface area contributed by atoms with Crippen LogP contribution in [0.5, 0.6) is 0 Å². The Kier molecular flexibility index (Phi) is 9.65. The minimum Gasteiger partial charge on any atom is -0.193 e. The molecule has 0 radical (unpaired) electrons. The minimum absolute atomic E-state index is 0.872. The average Bonchev–Trinajstić information content (AvgIpc) is 2.16. The smallest absolute Gasteiger partial charge is 0.0908 e. The molecule has 0 bridgehead atoms. The Morgan fingerprint density at radius 2 is 1.85 bits per heavy atom. The maximum Gasteiger partial charge on any atom is 0.0908 e. The Morgan fingerprint density at radius 1 is 1.08 bits per heavy atom. The monoisotopic (exact) mass is 175 g/mol. The summed E-state index contributed by atoms with van der Waals surface area (Å²) in [5.41, 5.74) is 0. The molecule has 0 heterocycles. The number of nitriles is 1. The van der Waals surface area contributed by atoms with Crippen molar-refractivity contribution in [2.45, 2.75) is 32.6 Å². The second-order valence-corrected chi connectivity index (χ2v) is 2.74. The van der Waals surface area contributed by atoms with E-state index in [-0.39, 0.29) is 0 Å². The van der Waals surface area contributed by atoms with Crippen LogP contribution < -0.4 is 0 Å². The quantitative estimate of drug-likeness (QED) is 0.342. The van der Waals surface area contributed by atoms with E-state index in [2.05, 4.69) is 24.3 Å². The van der Waals surface area contributed by atoms with Crippen molar-refractivity contribution < 1.29 is 0 Å². The van der Waals surface area contributed by atoms with Gasteiger partial charge in [0.25, 0.3) is 0 Å². The van der Waals surface area contributed by atoms with Gasteiger partial charge in [0, 0.05) is 6.08 Å². The summed E-state index contributed by atoms with van der Waals surface area (Å²) in [4.78, 5) is 0. The molecule has 0 rings (SSSR count). The van der Waals surface area contributed by atoms with Crippen LogP contribution in [0.25, 0.3) is 0 Å². The Morgan fingerprint density at radius 3 is 2.54 bits per heavy atom. The summed E-state index contributed by atoms with van der Waals surface area (Å²) < 4.78 is 0. The fourth-order valence-electron chi connectivity index (χ4n) is 0.934. The van der Waals surface area contributed by atoms with Crippen molar-refractivity contribution in [3.63, 3.8) is 0 Å². The van der Waals surface area contributed by atoms with E-state index in [0.29, 0.717) is 0 Å². The zero-order chi connectivity index (χ0) is 9.78. The topological polar surface area (TPSA) is 23.8 Å². The Hall–Kier alpha value is -1.29. The molecule has 0 fully saturated rings. The molecule has 0 aromatic heterocycles. The summed E-state index contributed by atoms with van der Waals surface area (Å²) in [6.07, 6.45) is 16.3. The van der Waals surface area contributed by atoms with E-state index in [9.17, 15) is 0 Å². The third-order valence-electron chi connectivity index (χ3n) is 1.61. The van der Waals surface area contributed by atoms with Crippen LogP contribution in [-0.2, 0) is 0 Å². The number of hydrogen-bond donors (Lipinski definition) is 0. The van der Waals surface area contributed by atoms with Gasteiger partial charge in [-0.1, -0.05) is 30.4 Å². The van der Waals surface area contributed by atoms with Gasteiger partial charge < -0.3 is 0 Å². The standard InChI is InChI=1S/C12H17N/c1-2-3-4-5-6-7-8-9-10-11-12-13/h2-3,7-8,10-11H,4-6,9H2,1H3/b3-2+,8-7+,11-10+. The van der Waals surface area contributed by atoms with Gasteiger partial charge in [-0.05, 0) is 32.6 Å². The predicted molar refractivity (Wildman–Crippen MR) is 57.2 cm³/mol. The maximum absolute atomic E-state index is 8.20. The van der Waals surface area contributed by atoms with Gasteiger partial charge in [0.15, 0.2) is 0 Å². The summed E-state index contributed by atoms with van der Waals surface area (Å²) in [7, 11) is 0. The molecule has 0 spiro atoms. The molecule has 0 saturated heterocycles. The first kappa shape index (κ1) is 11.7. The van der Waals surface area contributed by atoms with Gasteiger partial charge in [-0.25, -0.2) is 0 Å². The molecule has 13 heavy (non-hydrogen) atoms. The van der Waals surface area contributed by atoms with E-state index in [1.54, 1.807) is 0 Å². The Balaban J connectivity index is 3.23. The van der Waals surface area contributed by atoms with Crippen LogP contribution in [-0.4, -0.2) is 0 Å². The van der Waals surface area contributed by atoms with Gasteiger partial charge in [-0.2, -0.15) is 5.26 Å². The lowest BCUT2D eigenvalue weighted by atomic mass is 10.2. The molecule has 0 atom stereocenters. The molecule has 1 heteroatoms. The summed E-state index contributed by atoms with van der Waals surface area (Å²) in [6, 6.07) is 1.96. The zero-order valence-corrected chi connectivity index (χ0v) is 8.24. The fraction of sp³-hybridized carbons (Fsp3) is 0.417. The first-order valence-electron chi connectivity index (χ1n) is 4.72. The summed E-state index contributed by atoms with van der Waals surface area (Å²) in [5.74, 6) is 0. The van der Waals surface area contributed by atoms with Crippen molar-refractivity contribution in [1.29, 1.82) is 5.26 Å². The molecule has 0 unspecified atom stereocenters. The molecule has 0 amide bonds.